The van der Waals surface area contributed by atoms with Crippen LogP contribution >= 0.6 is 22.9 Å². The number of hydrogen-bond acceptors (Lipinski definition) is 6. The Labute approximate surface area is 129 Å². The minimum absolute atomic E-state index is 0.159. The lowest BCUT2D eigenvalue weighted by Gasteiger charge is -1.97. The number of anilines is 1. The molecule has 0 bridgehead atoms. The van der Waals surface area contributed by atoms with E-state index >= 15 is 0 Å². The second-order valence-corrected chi connectivity index (χ2v) is 5.64. The highest BCUT2D eigenvalue weighted by atomic mass is 35.5. The number of carbonyl (C=O) groups is 1. The van der Waals surface area contributed by atoms with Crippen molar-refractivity contribution in [1.29, 1.82) is 0 Å². The van der Waals surface area contributed by atoms with Crippen LogP contribution in [0.2, 0.25) is 5.02 Å². The van der Waals surface area contributed by atoms with Gasteiger partial charge in [0.05, 0.1) is 16.8 Å². The number of fused-ring (bicyclic) bond motifs is 1. The van der Waals surface area contributed by atoms with E-state index in [1.54, 1.807) is 19.1 Å². The monoisotopic (exact) mass is 322 g/mol. The Morgan fingerprint density at radius 3 is 3.05 bits per heavy atom. The van der Waals surface area contributed by atoms with Gasteiger partial charge in [-0.15, -0.1) is 0 Å². The zero-order valence-corrected chi connectivity index (χ0v) is 12.6. The number of nitrogens with zero attached hydrogens (tertiary/aromatic N) is 3. The summed E-state index contributed by atoms with van der Waals surface area (Å²) in [6.45, 7) is 2.01. The maximum atomic E-state index is 11.7. The van der Waals surface area contributed by atoms with Crippen molar-refractivity contribution in [1.82, 2.24) is 14.8 Å². The van der Waals surface area contributed by atoms with E-state index in [2.05, 4.69) is 10.1 Å². The van der Waals surface area contributed by atoms with Crippen molar-refractivity contribution in [3.8, 4) is 5.13 Å². The third kappa shape index (κ3) is 2.57. The summed E-state index contributed by atoms with van der Waals surface area (Å²) in [6, 6.07) is 6.91. The number of rotatable bonds is 3. The van der Waals surface area contributed by atoms with Gasteiger partial charge in [-0.25, -0.2) is 9.78 Å². The number of hydrogen-bond donors (Lipinski definition) is 1. The van der Waals surface area contributed by atoms with Gasteiger partial charge >= 0.3 is 5.97 Å². The molecule has 0 saturated carbocycles. The lowest BCUT2D eigenvalue weighted by Crippen LogP contribution is -2.06. The van der Waals surface area contributed by atoms with Gasteiger partial charge < -0.3 is 10.5 Å². The highest BCUT2D eigenvalue weighted by Crippen LogP contribution is 2.28. The molecular weight excluding hydrogens is 312 g/mol. The van der Waals surface area contributed by atoms with Crippen LogP contribution in [0.25, 0.3) is 15.3 Å². The van der Waals surface area contributed by atoms with Gasteiger partial charge in [0.2, 0.25) is 5.13 Å². The third-order valence-corrected chi connectivity index (χ3v) is 3.99. The number of halogens is 1. The number of esters is 1. The fraction of sp³-hybridized carbons (Fsp3) is 0.154. The Morgan fingerprint density at radius 2 is 2.29 bits per heavy atom. The molecule has 1 aromatic carbocycles. The van der Waals surface area contributed by atoms with Crippen molar-refractivity contribution in [3.05, 3.63) is 35.0 Å². The zero-order valence-electron chi connectivity index (χ0n) is 11.0. The van der Waals surface area contributed by atoms with Crippen molar-refractivity contribution in [2.45, 2.75) is 6.92 Å². The second-order valence-electron chi connectivity index (χ2n) is 4.20. The van der Waals surface area contributed by atoms with Crippen LogP contribution in [-0.2, 0) is 4.74 Å². The molecule has 6 nitrogen and oxygen atoms in total. The van der Waals surface area contributed by atoms with Crippen LogP contribution in [0.1, 0.15) is 17.4 Å². The minimum Gasteiger partial charge on any atom is -0.461 e. The first kappa shape index (κ1) is 13.8. The fourth-order valence-electron chi connectivity index (χ4n) is 1.83. The van der Waals surface area contributed by atoms with E-state index < -0.39 is 5.97 Å². The van der Waals surface area contributed by atoms with Gasteiger partial charge in [0.1, 0.15) is 5.82 Å². The van der Waals surface area contributed by atoms with Gasteiger partial charge in [-0.1, -0.05) is 22.9 Å². The number of carbonyl (C=O) groups excluding carboxylic acids is 1. The van der Waals surface area contributed by atoms with Gasteiger partial charge in [0, 0.05) is 11.1 Å². The van der Waals surface area contributed by atoms with Crippen LogP contribution in [0, 0.1) is 0 Å². The predicted octanol–water partition coefficient (Wildman–Crippen LogP) is 2.89. The van der Waals surface area contributed by atoms with Gasteiger partial charge in [-0.05, 0) is 25.1 Å². The maximum Gasteiger partial charge on any atom is 0.358 e. The molecule has 0 radical (unpaired) electrons. The van der Waals surface area contributed by atoms with Gasteiger partial charge in [-0.2, -0.15) is 9.78 Å². The number of nitrogen functional groups attached to an aromatic ring is 1. The molecule has 3 aromatic rings. The molecule has 2 heterocycles. The molecule has 2 aromatic heterocycles. The molecule has 0 aliphatic carbocycles. The molecule has 108 valence electrons. The number of thiazole rings is 1. The quantitative estimate of drug-likeness (QED) is 0.750. The van der Waals surface area contributed by atoms with Crippen molar-refractivity contribution < 1.29 is 9.53 Å². The van der Waals surface area contributed by atoms with Crippen molar-refractivity contribution in [2.75, 3.05) is 12.3 Å². The van der Waals surface area contributed by atoms with Crippen LogP contribution in [-0.4, -0.2) is 27.3 Å². The molecule has 0 fully saturated rings. The number of benzene rings is 1. The van der Waals surface area contributed by atoms with Crippen molar-refractivity contribution in [3.63, 3.8) is 0 Å². The normalized spacial score (nSPS) is 11.0. The highest BCUT2D eigenvalue weighted by molar-refractivity contribution is 7.20. The van der Waals surface area contributed by atoms with Crippen LogP contribution < -0.4 is 5.73 Å². The van der Waals surface area contributed by atoms with E-state index in [4.69, 9.17) is 22.1 Å². The average molecular weight is 323 g/mol. The van der Waals surface area contributed by atoms with E-state index in [-0.39, 0.29) is 12.3 Å². The Balaban J connectivity index is 2.04. The summed E-state index contributed by atoms with van der Waals surface area (Å²) < 4.78 is 7.28. The average Bonchev–Trinajstić information content (AvgIpc) is 3.01. The van der Waals surface area contributed by atoms with Gasteiger partial charge in [0.15, 0.2) is 5.69 Å². The topological polar surface area (TPSA) is 83.0 Å². The van der Waals surface area contributed by atoms with Crippen LogP contribution in [0.15, 0.2) is 24.3 Å². The molecule has 0 aliphatic rings. The summed E-state index contributed by atoms with van der Waals surface area (Å²) >= 11 is 7.35. The molecule has 0 atom stereocenters. The zero-order chi connectivity index (χ0) is 15.0. The van der Waals surface area contributed by atoms with Crippen molar-refractivity contribution >= 4 is 44.9 Å². The summed E-state index contributed by atoms with van der Waals surface area (Å²) in [4.78, 5) is 16.1. The van der Waals surface area contributed by atoms with E-state index in [9.17, 15) is 4.79 Å². The molecule has 2 N–H and O–H groups in total. The first-order chi connectivity index (χ1) is 10.1. The van der Waals surface area contributed by atoms with Crippen LogP contribution in [0.5, 0.6) is 0 Å². The standard InChI is InChI=1S/C13H11ClN4O2S/c1-2-20-12(19)9-6-11(15)18(17-9)13-16-8-5-7(14)3-4-10(8)21-13/h3-6H,2,15H2,1H3. The Bertz CT molecular complexity index is 827. The molecule has 0 amide bonds. The molecule has 0 spiro atoms. The summed E-state index contributed by atoms with van der Waals surface area (Å²) in [5, 5.41) is 5.33. The Morgan fingerprint density at radius 1 is 1.48 bits per heavy atom. The first-order valence-electron chi connectivity index (χ1n) is 6.17. The summed E-state index contributed by atoms with van der Waals surface area (Å²) in [5.74, 6) is -0.185. The maximum absolute atomic E-state index is 11.7. The number of aromatic nitrogens is 3. The predicted molar refractivity (Wildman–Crippen MR) is 82.1 cm³/mol. The van der Waals surface area contributed by atoms with E-state index in [0.717, 1.165) is 10.2 Å². The number of ether oxygens (including phenoxy) is 1. The SMILES string of the molecule is CCOC(=O)c1cc(N)n(-c2nc3cc(Cl)ccc3s2)n1. The molecule has 3 rings (SSSR count). The van der Waals surface area contributed by atoms with Crippen molar-refractivity contribution in [2.24, 2.45) is 0 Å². The fourth-order valence-corrected chi connectivity index (χ4v) is 2.92. The van der Waals surface area contributed by atoms with Gasteiger partial charge in [-0.3, -0.25) is 0 Å². The molecule has 8 heteroatoms. The summed E-state index contributed by atoms with van der Waals surface area (Å²) in [6.07, 6.45) is 0. The Hall–Kier alpha value is -2.12. The van der Waals surface area contributed by atoms with Gasteiger partial charge in [0.25, 0.3) is 0 Å². The van der Waals surface area contributed by atoms with Crippen LogP contribution in [0.4, 0.5) is 5.82 Å². The van der Waals surface area contributed by atoms with E-state index in [0.29, 0.717) is 16.0 Å². The Kier molecular flexibility index (Phi) is 3.52. The second kappa shape index (κ2) is 5.34. The largest absolute Gasteiger partial charge is 0.461 e. The summed E-state index contributed by atoms with van der Waals surface area (Å²) in [5.41, 5.74) is 6.81. The minimum atomic E-state index is -0.507. The molecule has 0 aliphatic heterocycles. The third-order valence-electron chi connectivity index (χ3n) is 2.74. The molecule has 0 unspecified atom stereocenters. The highest BCUT2D eigenvalue weighted by Gasteiger charge is 2.17. The molecular formula is C13H11ClN4O2S. The molecule has 0 saturated heterocycles. The lowest BCUT2D eigenvalue weighted by molar-refractivity contribution is 0.0519. The number of nitrogens with two attached hydrogens (primary N) is 1. The first-order valence-corrected chi connectivity index (χ1v) is 7.37. The summed E-state index contributed by atoms with van der Waals surface area (Å²) in [7, 11) is 0. The smallest absolute Gasteiger partial charge is 0.358 e. The van der Waals surface area contributed by atoms with E-state index in [1.807, 2.05) is 6.07 Å². The molecule has 21 heavy (non-hydrogen) atoms. The van der Waals surface area contributed by atoms with E-state index in [1.165, 1.54) is 22.1 Å². The lowest BCUT2D eigenvalue weighted by atomic mass is 10.3. The van der Waals surface area contributed by atoms with Crippen LogP contribution in [0.3, 0.4) is 0 Å².